The highest BCUT2D eigenvalue weighted by Gasteiger charge is 2.64. The van der Waals surface area contributed by atoms with Gasteiger partial charge in [0.25, 0.3) is 0 Å². The Morgan fingerprint density at radius 2 is 1.75 bits per heavy atom. The van der Waals surface area contributed by atoms with Crippen molar-refractivity contribution in [2.45, 2.75) is 48.1 Å². The molecule has 4 heteroatoms. The number of fused-ring (bicyclic) bond motifs is 1. The summed E-state index contributed by atoms with van der Waals surface area (Å²) in [7, 11) is 0. The van der Waals surface area contributed by atoms with Gasteiger partial charge in [-0.1, -0.05) is 27.7 Å². The summed E-state index contributed by atoms with van der Waals surface area (Å²) in [6.07, 6.45) is 1.57. The number of rotatable bonds is 2. The minimum atomic E-state index is 0.377. The Labute approximate surface area is 120 Å². The van der Waals surface area contributed by atoms with Crippen molar-refractivity contribution in [1.82, 2.24) is 14.5 Å². The molecule has 0 bridgehead atoms. The van der Waals surface area contributed by atoms with E-state index >= 15 is 0 Å². The van der Waals surface area contributed by atoms with Crippen molar-refractivity contribution in [2.24, 2.45) is 16.7 Å². The molecule has 0 radical (unpaired) electrons. The van der Waals surface area contributed by atoms with Crippen molar-refractivity contribution in [3.8, 4) is 0 Å². The fraction of sp³-hybridized carbons (Fsp3) is 0.625. The number of nitrogens with zero attached hydrogens (tertiary/aromatic N) is 3. The van der Waals surface area contributed by atoms with Crippen LogP contribution in [0.3, 0.4) is 0 Å². The Bertz CT molecular complexity index is 680. The van der Waals surface area contributed by atoms with Crippen LogP contribution in [-0.4, -0.2) is 14.5 Å². The van der Waals surface area contributed by atoms with Crippen LogP contribution in [0.25, 0.3) is 11.0 Å². The van der Waals surface area contributed by atoms with E-state index in [0.717, 1.165) is 17.6 Å². The van der Waals surface area contributed by atoms with Crippen LogP contribution in [-0.2, 0) is 6.54 Å². The molecule has 0 saturated heterocycles. The van der Waals surface area contributed by atoms with Crippen LogP contribution in [0.15, 0.2) is 6.33 Å². The summed E-state index contributed by atoms with van der Waals surface area (Å²) < 4.78 is 2.32. The Balaban J connectivity index is 2.10. The van der Waals surface area contributed by atoms with Gasteiger partial charge in [-0.05, 0) is 36.2 Å². The van der Waals surface area contributed by atoms with Gasteiger partial charge >= 0.3 is 0 Å². The minimum absolute atomic E-state index is 0.377. The number of aromatic nitrogens is 3. The molecule has 1 fully saturated rings. The zero-order chi connectivity index (χ0) is 14.9. The molecule has 0 aromatic carbocycles. The van der Waals surface area contributed by atoms with Crippen LogP contribution in [0.5, 0.6) is 0 Å². The van der Waals surface area contributed by atoms with E-state index in [0.29, 0.717) is 22.6 Å². The van der Waals surface area contributed by atoms with E-state index in [2.05, 4.69) is 56.1 Å². The third-order valence-corrected chi connectivity index (χ3v) is 6.12. The molecular weight excluding hydrogens is 248 g/mol. The Morgan fingerprint density at radius 1 is 1.15 bits per heavy atom. The van der Waals surface area contributed by atoms with Crippen molar-refractivity contribution >= 4 is 16.9 Å². The molecular formula is C16H24N4. The lowest BCUT2D eigenvalue weighted by atomic mass is 10.0. The van der Waals surface area contributed by atoms with Crippen LogP contribution >= 0.6 is 0 Å². The van der Waals surface area contributed by atoms with Crippen molar-refractivity contribution in [2.75, 3.05) is 5.73 Å². The van der Waals surface area contributed by atoms with Gasteiger partial charge in [0, 0.05) is 12.2 Å². The fourth-order valence-corrected chi connectivity index (χ4v) is 3.69. The Kier molecular flexibility index (Phi) is 2.51. The maximum atomic E-state index is 6.03. The molecule has 20 heavy (non-hydrogen) atoms. The van der Waals surface area contributed by atoms with Gasteiger partial charge in [-0.3, -0.25) is 0 Å². The molecule has 0 spiro atoms. The molecule has 3 rings (SSSR count). The zero-order valence-electron chi connectivity index (χ0n) is 13.3. The highest BCUT2D eigenvalue weighted by atomic mass is 15.1. The molecule has 4 nitrogen and oxygen atoms in total. The molecule has 2 aromatic heterocycles. The molecule has 1 saturated carbocycles. The van der Waals surface area contributed by atoms with E-state index in [9.17, 15) is 0 Å². The van der Waals surface area contributed by atoms with E-state index in [-0.39, 0.29) is 0 Å². The maximum absolute atomic E-state index is 6.03. The minimum Gasteiger partial charge on any atom is -0.383 e. The maximum Gasteiger partial charge on any atom is 0.145 e. The quantitative estimate of drug-likeness (QED) is 0.912. The largest absolute Gasteiger partial charge is 0.383 e. The molecule has 1 aliphatic rings. The van der Waals surface area contributed by atoms with Gasteiger partial charge in [-0.25, -0.2) is 9.97 Å². The predicted octanol–water partition coefficient (Wildman–Crippen LogP) is 3.31. The summed E-state index contributed by atoms with van der Waals surface area (Å²) >= 11 is 0. The predicted molar refractivity (Wildman–Crippen MR) is 82.5 cm³/mol. The number of hydrogen-bond donors (Lipinski definition) is 1. The normalized spacial score (nSPS) is 20.5. The zero-order valence-corrected chi connectivity index (χ0v) is 13.3. The molecule has 2 aromatic rings. The second-order valence-electron chi connectivity index (χ2n) is 7.27. The topological polar surface area (TPSA) is 56.7 Å². The summed E-state index contributed by atoms with van der Waals surface area (Å²) in [5.74, 6) is 1.25. The number of nitrogen functional groups attached to an aromatic ring is 1. The lowest BCUT2D eigenvalue weighted by molar-refractivity contribution is 0.457. The second-order valence-corrected chi connectivity index (χ2v) is 7.27. The van der Waals surface area contributed by atoms with Crippen LogP contribution in [0.1, 0.15) is 39.0 Å². The monoisotopic (exact) mass is 272 g/mol. The first-order valence-corrected chi connectivity index (χ1v) is 7.25. The van der Waals surface area contributed by atoms with Crippen LogP contribution in [0, 0.1) is 30.6 Å². The van der Waals surface area contributed by atoms with Gasteiger partial charge in [0.1, 0.15) is 17.8 Å². The van der Waals surface area contributed by atoms with Gasteiger partial charge in [0.05, 0.1) is 5.39 Å². The van der Waals surface area contributed by atoms with Gasteiger partial charge < -0.3 is 10.3 Å². The molecule has 1 aliphatic carbocycles. The number of anilines is 1. The van der Waals surface area contributed by atoms with E-state index in [4.69, 9.17) is 5.73 Å². The van der Waals surface area contributed by atoms with Crippen LogP contribution < -0.4 is 5.73 Å². The van der Waals surface area contributed by atoms with Crippen molar-refractivity contribution in [3.05, 3.63) is 17.6 Å². The van der Waals surface area contributed by atoms with Gasteiger partial charge in [0.15, 0.2) is 0 Å². The van der Waals surface area contributed by atoms with Gasteiger partial charge in [-0.15, -0.1) is 0 Å². The van der Waals surface area contributed by atoms with E-state index in [1.54, 1.807) is 6.33 Å². The van der Waals surface area contributed by atoms with E-state index in [1.165, 1.54) is 11.3 Å². The molecule has 2 heterocycles. The molecule has 108 valence electrons. The van der Waals surface area contributed by atoms with Crippen molar-refractivity contribution in [3.63, 3.8) is 0 Å². The van der Waals surface area contributed by atoms with Gasteiger partial charge in [-0.2, -0.15) is 0 Å². The average molecular weight is 272 g/mol. The van der Waals surface area contributed by atoms with Crippen molar-refractivity contribution < 1.29 is 0 Å². The summed E-state index contributed by atoms with van der Waals surface area (Å²) in [5.41, 5.74) is 10.2. The smallest absolute Gasteiger partial charge is 0.145 e. The second kappa shape index (κ2) is 3.74. The molecule has 0 unspecified atom stereocenters. The number of hydrogen-bond acceptors (Lipinski definition) is 3. The molecule has 0 amide bonds. The number of nitrogens with two attached hydrogens (primary N) is 1. The van der Waals surface area contributed by atoms with E-state index in [1.807, 2.05) is 0 Å². The third-order valence-electron chi connectivity index (χ3n) is 6.12. The molecule has 0 aliphatic heterocycles. The Hall–Kier alpha value is -1.58. The van der Waals surface area contributed by atoms with Gasteiger partial charge in [0.2, 0.25) is 0 Å². The summed E-state index contributed by atoms with van der Waals surface area (Å²) in [6.45, 7) is 14.7. The highest BCUT2D eigenvalue weighted by molar-refractivity contribution is 5.90. The first-order chi connectivity index (χ1) is 9.19. The van der Waals surface area contributed by atoms with E-state index < -0.39 is 0 Å². The third kappa shape index (κ3) is 1.48. The van der Waals surface area contributed by atoms with Crippen LogP contribution in [0.4, 0.5) is 5.82 Å². The summed E-state index contributed by atoms with van der Waals surface area (Å²) in [6, 6.07) is 0. The highest BCUT2D eigenvalue weighted by Crippen LogP contribution is 2.69. The summed E-state index contributed by atoms with van der Waals surface area (Å²) in [5, 5.41) is 1.02. The average Bonchev–Trinajstić information content (AvgIpc) is 2.61. The standard InChI is InChI=1S/C16H24N4/c1-9-10(2)20(7-11-15(3,4)16(11,5)6)14-12(9)13(17)18-8-19-14/h8,11H,7H2,1-6H3,(H2,17,18,19). The lowest BCUT2D eigenvalue weighted by Gasteiger charge is -2.09. The molecule has 2 N–H and O–H groups in total. The summed E-state index contributed by atoms with van der Waals surface area (Å²) in [4.78, 5) is 8.60. The SMILES string of the molecule is Cc1c(C)n(CC2C(C)(C)C2(C)C)c2ncnc(N)c12. The Morgan fingerprint density at radius 3 is 2.30 bits per heavy atom. The molecule has 0 atom stereocenters. The van der Waals surface area contributed by atoms with Crippen molar-refractivity contribution in [1.29, 1.82) is 0 Å². The lowest BCUT2D eigenvalue weighted by Crippen LogP contribution is -2.07. The first kappa shape index (κ1) is 13.4. The van der Waals surface area contributed by atoms with Crippen LogP contribution in [0.2, 0.25) is 0 Å². The number of aryl methyl sites for hydroxylation is 1. The first-order valence-electron chi connectivity index (χ1n) is 7.25. The fourth-order valence-electron chi connectivity index (χ4n) is 3.69.